The molecule has 1 aromatic rings. The normalized spacial score (nSPS) is 21.6. The van der Waals surface area contributed by atoms with E-state index in [0.717, 1.165) is 12.5 Å². The zero-order valence-corrected chi connectivity index (χ0v) is 13.1. The number of hydrogen-bond donors (Lipinski definition) is 2. The molecule has 2 rings (SSSR count). The maximum Gasteiger partial charge on any atom is 0.254 e. The van der Waals surface area contributed by atoms with E-state index < -0.39 is 26.6 Å². The van der Waals surface area contributed by atoms with Crippen LogP contribution in [0.3, 0.4) is 0 Å². The second-order valence-corrected chi connectivity index (χ2v) is 7.44. The van der Waals surface area contributed by atoms with Gasteiger partial charge >= 0.3 is 0 Å². The van der Waals surface area contributed by atoms with Crippen LogP contribution in [-0.4, -0.2) is 20.9 Å². The number of benzene rings is 1. The van der Waals surface area contributed by atoms with Gasteiger partial charge in [-0.25, -0.2) is 17.9 Å². The van der Waals surface area contributed by atoms with Crippen LogP contribution in [0, 0.1) is 17.7 Å². The Hall–Kier alpha value is -0.990. The molecule has 0 heterocycles. The van der Waals surface area contributed by atoms with E-state index in [1.165, 1.54) is 6.07 Å². The zero-order chi connectivity index (χ0) is 15.1. The SMILES string of the molecule is CC1CC1CNC(=O)c1cc(Br)cc(S(N)(=O)=O)c1F. The molecule has 2 unspecified atom stereocenters. The second-order valence-electron chi connectivity index (χ2n) is 4.99. The van der Waals surface area contributed by atoms with Crippen molar-refractivity contribution in [2.75, 3.05) is 6.54 Å². The number of amides is 1. The Kier molecular flexibility index (Phi) is 4.17. The van der Waals surface area contributed by atoms with Gasteiger partial charge in [-0.05, 0) is 30.4 Å². The molecule has 8 heteroatoms. The lowest BCUT2D eigenvalue weighted by atomic mass is 10.2. The minimum Gasteiger partial charge on any atom is -0.352 e. The average Bonchev–Trinajstić information content (AvgIpc) is 3.03. The van der Waals surface area contributed by atoms with Gasteiger partial charge in [0.1, 0.15) is 4.90 Å². The molecular formula is C12H14BrFN2O3S. The number of sulfonamides is 1. The molecule has 1 saturated carbocycles. The summed E-state index contributed by atoms with van der Waals surface area (Å²) in [5.41, 5.74) is -0.336. The van der Waals surface area contributed by atoms with Gasteiger partial charge in [0.15, 0.2) is 5.82 Å². The maximum atomic E-state index is 14.1. The third-order valence-electron chi connectivity index (χ3n) is 3.36. The number of hydrogen-bond acceptors (Lipinski definition) is 3. The van der Waals surface area contributed by atoms with Crippen molar-refractivity contribution in [3.63, 3.8) is 0 Å². The predicted molar refractivity (Wildman–Crippen MR) is 75.1 cm³/mol. The highest BCUT2D eigenvalue weighted by atomic mass is 79.9. The second kappa shape index (κ2) is 5.42. The van der Waals surface area contributed by atoms with Crippen LogP contribution in [0.4, 0.5) is 4.39 Å². The van der Waals surface area contributed by atoms with Crippen LogP contribution in [0.1, 0.15) is 23.7 Å². The van der Waals surface area contributed by atoms with Gasteiger partial charge in [0, 0.05) is 11.0 Å². The van der Waals surface area contributed by atoms with E-state index >= 15 is 0 Å². The fraction of sp³-hybridized carbons (Fsp3) is 0.417. The highest BCUT2D eigenvalue weighted by Crippen LogP contribution is 2.36. The van der Waals surface area contributed by atoms with Crippen LogP contribution in [0.25, 0.3) is 0 Å². The van der Waals surface area contributed by atoms with Crippen LogP contribution in [-0.2, 0) is 10.0 Å². The Balaban J connectivity index is 2.26. The number of halogens is 2. The summed E-state index contributed by atoms with van der Waals surface area (Å²) in [6.07, 6.45) is 1.03. The molecule has 3 N–H and O–H groups in total. The lowest BCUT2D eigenvalue weighted by Crippen LogP contribution is -2.27. The average molecular weight is 365 g/mol. The van der Waals surface area contributed by atoms with E-state index in [-0.39, 0.29) is 10.0 Å². The molecule has 20 heavy (non-hydrogen) atoms. The Bertz CT molecular complexity index is 663. The number of primary sulfonamides is 1. The van der Waals surface area contributed by atoms with Gasteiger partial charge < -0.3 is 5.32 Å². The summed E-state index contributed by atoms with van der Waals surface area (Å²) >= 11 is 3.04. The first-order valence-electron chi connectivity index (χ1n) is 6.00. The summed E-state index contributed by atoms with van der Waals surface area (Å²) in [7, 11) is -4.22. The minimum atomic E-state index is -4.22. The molecule has 0 saturated heterocycles. The zero-order valence-electron chi connectivity index (χ0n) is 10.7. The van der Waals surface area contributed by atoms with Gasteiger partial charge in [-0.2, -0.15) is 0 Å². The van der Waals surface area contributed by atoms with E-state index in [4.69, 9.17) is 5.14 Å². The maximum absolute atomic E-state index is 14.1. The topological polar surface area (TPSA) is 89.3 Å². The van der Waals surface area contributed by atoms with Crippen molar-refractivity contribution < 1.29 is 17.6 Å². The van der Waals surface area contributed by atoms with E-state index in [9.17, 15) is 17.6 Å². The summed E-state index contributed by atoms with van der Waals surface area (Å²) < 4.78 is 36.9. The van der Waals surface area contributed by atoms with Gasteiger partial charge in [0.2, 0.25) is 10.0 Å². The minimum absolute atomic E-state index is 0.271. The fourth-order valence-corrected chi connectivity index (χ4v) is 3.20. The van der Waals surface area contributed by atoms with Crippen molar-refractivity contribution in [1.82, 2.24) is 5.32 Å². The largest absolute Gasteiger partial charge is 0.352 e. The van der Waals surface area contributed by atoms with Crippen molar-refractivity contribution in [3.8, 4) is 0 Å². The van der Waals surface area contributed by atoms with Gasteiger partial charge in [-0.15, -0.1) is 0 Å². The first-order chi connectivity index (χ1) is 9.20. The van der Waals surface area contributed by atoms with Crippen molar-refractivity contribution in [1.29, 1.82) is 0 Å². The smallest absolute Gasteiger partial charge is 0.254 e. The van der Waals surface area contributed by atoms with Gasteiger partial charge in [-0.3, -0.25) is 4.79 Å². The van der Waals surface area contributed by atoms with E-state index in [1.54, 1.807) is 0 Å². The van der Waals surface area contributed by atoms with Gasteiger partial charge in [0.05, 0.1) is 5.56 Å². The number of carbonyl (C=O) groups excluding carboxylic acids is 1. The molecule has 0 bridgehead atoms. The van der Waals surface area contributed by atoms with Crippen LogP contribution >= 0.6 is 15.9 Å². The molecule has 1 fully saturated rings. The molecule has 1 amide bonds. The monoisotopic (exact) mass is 364 g/mol. The number of rotatable bonds is 4. The first kappa shape index (κ1) is 15.4. The van der Waals surface area contributed by atoms with E-state index in [1.807, 2.05) is 0 Å². The number of nitrogens with one attached hydrogen (secondary N) is 1. The fourth-order valence-electron chi connectivity index (χ4n) is 1.94. The Morgan fingerprint density at radius 2 is 2.15 bits per heavy atom. The standard InChI is InChI=1S/C12H14BrFN2O3S/c1-6-2-7(6)5-16-12(17)9-3-8(13)4-10(11(9)14)20(15,18)19/h3-4,6-7H,2,5H2,1H3,(H,16,17)(H2,15,18,19). The summed E-state index contributed by atoms with van der Waals surface area (Å²) in [5.74, 6) is -0.806. The predicted octanol–water partition coefficient (Wildman–Crippen LogP) is 1.62. The van der Waals surface area contributed by atoms with Crippen molar-refractivity contribution in [2.24, 2.45) is 17.0 Å². The van der Waals surface area contributed by atoms with Gasteiger partial charge in [-0.1, -0.05) is 22.9 Å². The molecule has 5 nitrogen and oxygen atoms in total. The van der Waals surface area contributed by atoms with Crippen LogP contribution < -0.4 is 10.5 Å². The molecule has 110 valence electrons. The lowest BCUT2D eigenvalue weighted by molar-refractivity contribution is 0.0946. The summed E-state index contributed by atoms with van der Waals surface area (Å²) in [4.78, 5) is 11.2. The third-order valence-corrected chi connectivity index (χ3v) is 4.72. The lowest BCUT2D eigenvalue weighted by Gasteiger charge is -2.09. The molecular weight excluding hydrogens is 351 g/mol. The molecule has 0 radical (unpaired) electrons. The van der Waals surface area contributed by atoms with Crippen molar-refractivity contribution in [2.45, 2.75) is 18.2 Å². The molecule has 0 spiro atoms. The number of nitrogens with two attached hydrogens (primary N) is 1. The van der Waals surface area contributed by atoms with Crippen molar-refractivity contribution >= 4 is 31.9 Å². The quantitative estimate of drug-likeness (QED) is 0.850. The Labute approximate surface area is 124 Å². The summed E-state index contributed by atoms with van der Waals surface area (Å²) in [6, 6.07) is 2.26. The summed E-state index contributed by atoms with van der Waals surface area (Å²) in [6.45, 7) is 2.52. The number of carbonyl (C=O) groups is 1. The molecule has 0 aliphatic heterocycles. The first-order valence-corrected chi connectivity index (χ1v) is 8.34. The molecule has 1 aliphatic rings. The highest BCUT2D eigenvalue weighted by Gasteiger charge is 2.33. The molecule has 1 aromatic carbocycles. The Morgan fingerprint density at radius 3 is 2.65 bits per heavy atom. The Morgan fingerprint density at radius 1 is 1.55 bits per heavy atom. The van der Waals surface area contributed by atoms with E-state index in [2.05, 4.69) is 28.2 Å². The van der Waals surface area contributed by atoms with Crippen molar-refractivity contribution in [3.05, 3.63) is 28.0 Å². The van der Waals surface area contributed by atoms with Crippen LogP contribution in [0.2, 0.25) is 0 Å². The molecule has 2 atom stereocenters. The van der Waals surface area contributed by atoms with E-state index in [0.29, 0.717) is 18.4 Å². The summed E-state index contributed by atoms with van der Waals surface area (Å²) in [5, 5.41) is 7.53. The van der Waals surface area contributed by atoms with Gasteiger partial charge in [0.25, 0.3) is 5.91 Å². The third kappa shape index (κ3) is 3.36. The van der Waals surface area contributed by atoms with Crippen LogP contribution in [0.15, 0.2) is 21.5 Å². The highest BCUT2D eigenvalue weighted by molar-refractivity contribution is 9.10. The molecule has 0 aromatic heterocycles. The van der Waals surface area contributed by atoms with Crippen LogP contribution in [0.5, 0.6) is 0 Å². The molecule has 1 aliphatic carbocycles.